The fourth-order valence-corrected chi connectivity index (χ4v) is 3.34. The lowest BCUT2D eigenvalue weighted by atomic mass is 10.2. The van der Waals surface area contributed by atoms with Crippen molar-refractivity contribution in [1.82, 2.24) is 5.32 Å². The molecule has 27 heavy (non-hydrogen) atoms. The minimum Gasteiger partial charge on any atom is -0.490 e. The van der Waals surface area contributed by atoms with Gasteiger partial charge < -0.3 is 19.5 Å². The number of hydrogen-bond acceptors (Lipinski definition) is 4. The highest BCUT2D eigenvalue weighted by atomic mass is 35.5. The fraction of sp³-hybridized carbons (Fsp3) is 0.429. The van der Waals surface area contributed by atoms with E-state index in [9.17, 15) is 0 Å². The van der Waals surface area contributed by atoms with Crippen molar-refractivity contribution in [3.8, 4) is 11.5 Å². The number of rotatable bonds is 9. The van der Waals surface area contributed by atoms with Crippen LogP contribution in [-0.2, 0) is 17.9 Å². The van der Waals surface area contributed by atoms with E-state index in [0.717, 1.165) is 49.4 Å². The van der Waals surface area contributed by atoms with E-state index in [1.54, 1.807) is 6.07 Å². The summed E-state index contributed by atoms with van der Waals surface area (Å²) in [5.41, 5.74) is 2.10. The molecule has 0 radical (unpaired) electrons. The Balaban J connectivity index is 1.59. The summed E-state index contributed by atoms with van der Waals surface area (Å²) >= 11 is 12.0. The maximum Gasteiger partial charge on any atom is 0.161 e. The molecule has 0 bridgehead atoms. The molecule has 1 atom stereocenters. The van der Waals surface area contributed by atoms with Crippen LogP contribution in [0.5, 0.6) is 11.5 Å². The standard InChI is InChI=1S/C21H25Cl2NO3/c1-2-25-21-11-15(12-24-13-17-4-3-9-26-17)6-8-20(21)27-14-16-5-7-18(22)19(23)10-16/h5-8,10-11,17,24H,2-4,9,12-14H2,1H3/t17-/m1/s1. The summed E-state index contributed by atoms with van der Waals surface area (Å²) in [5, 5.41) is 4.51. The molecule has 0 saturated carbocycles. The van der Waals surface area contributed by atoms with Gasteiger partial charge in [-0.3, -0.25) is 0 Å². The molecule has 3 rings (SSSR count). The molecule has 4 nitrogen and oxygen atoms in total. The highest BCUT2D eigenvalue weighted by Crippen LogP contribution is 2.30. The van der Waals surface area contributed by atoms with Crippen LogP contribution in [0.2, 0.25) is 10.0 Å². The summed E-state index contributed by atoms with van der Waals surface area (Å²) in [5.74, 6) is 1.46. The fourth-order valence-electron chi connectivity index (χ4n) is 3.02. The van der Waals surface area contributed by atoms with Gasteiger partial charge in [0.15, 0.2) is 11.5 Å². The predicted molar refractivity (Wildman–Crippen MR) is 109 cm³/mol. The Morgan fingerprint density at radius 1 is 1.04 bits per heavy atom. The lowest BCUT2D eigenvalue weighted by Crippen LogP contribution is -2.25. The van der Waals surface area contributed by atoms with E-state index in [1.807, 2.05) is 31.2 Å². The molecule has 2 aromatic rings. The predicted octanol–water partition coefficient (Wildman–Crippen LogP) is 5.24. The molecule has 1 saturated heterocycles. The molecule has 6 heteroatoms. The van der Waals surface area contributed by atoms with Gasteiger partial charge in [0.25, 0.3) is 0 Å². The van der Waals surface area contributed by atoms with Crippen LogP contribution in [0, 0.1) is 0 Å². The summed E-state index contributed by atoms with van der Waals surface area (Å²) < 4.78 is 17.3. The van der Waals surface area contributed by atoms with E-state index < -0.39 is 0 Å². The van der Waals surface area contributed by atoms with Crippen molar-refractivity contribution in [1.29, 1.82) is 0 Å². The second kappa shape index (κ2) is 10.2. The van der Waals surface area contributed by atoms with E-state index in [2.05, 4.69) is 11.4 Å². The van der Waals surface area contributed by atoms with E-state index >= 15 is 0 Å². The van der Waals surface area contributed by atoms with Gasteiger partial charge in [-0.1, -0.05) is 35.3 Å². The van der Waals surface area contributed by atoms with Crippen molar-refractivity contribution < 1.29 is 14.2 Å². The Kier molecular flexibility index (Phi) is 7.65. The van der Waals surface area contributed by atoms with Crippen LogP contribution < -0.4 is 14.8 Å². The van der Waals surface area contributed by atoms with Crippen molar-refractivity contribution in [3.63, 3.8) is 0 Å². The number of ether oxygens (including phenoxy) is 3. The molecule has 0 spiro atoms. The first-order chi connectivity index (χ1) is 13.2. The van der Waals surface area contributed by atoms with Crippen molar-refractivity contribution in [2.24, 2.45) is 0 Å². The third kappa shape index (κ3) is 6.01. The zero-order valence-corrected chi connectivity index (χ0v) is 17.0. The molecule has 1 aliphatic heterocycles. The molecule has 1 fully saturated rings. The van der Waals surface area contributed by atoms with Crippen LogP contribution in [0.1, 0.15) is 30.9 Å². The topological polar surface area (TPSA) is 39.7 Å². The summed E-state index contributed by atoms with van der Waals surface area (Å²) in [6.45, 7) is 5.47. The summed E-state index contributed by atoms with van der Waals surface area (Å²) in [7, 11) is 0. The first-order valence-electron chi connectivity index (χ1n) is 9.30. The minimum atomic E-state index is 0.338. The maximum absolute atomic E-state index is 6.06. The van der Waals surface area contributed by atoms with Crippen molar-refractivity contribution in [2.45, 2.75) is 39.0 Å². The third-order valence-corrected chi connectivity index (χ3v) is 5.15. The Hall–Kier alpha value is -1.46. The van der Waals surface area contributed by atoms with Gasteiger partial charge in [0, 0.05) is 19.7 Å². The molecule has 0 unspecified atom stereocenters. The van der Waals surface area contributed by atoms with Crippen molar-refractivity contribution in [2.75, 3.05) is 19.8 Å². The minimum absolute atomic E-state index is 0.338. The highest BCUT2D eigenvalue weighted by Gasteiger charge is 2.14. The Morgan fingerprint density at radius 3 is 2.63 bits per heavy atom. The van der Waals surface area contributed by atoms with Gasteiger partial charge in [0.1, 0.15) is 6.61 Å². The van der Waals surface area contributed by atoms with Gasteiger partial charge in [0.2, 0.25) is 0 Å². The van der Waals surface area contributed by atoms with Gasteiger partial charge in [0.05, 0.1) is 22.8 Å². The maximum atomic E-state index is 6.06. The van der Waals surface area contributed by atoms with Gasteiger partial charge >= 0.3 is 0 Å². The van der Waals surface area contributed by atoms with Crippen LogP contribution in [0.3, 0.4) is 0 Å². The number of benzene rings is 2. The van der Waals surface area contributed by atoms with E-state index in [1.165, 1.54) is 0 Å². The normalized spacial score (nSPS) is 16.5. The number of nitrogens with one attached hydrogen (secondary N) is 1. The van der Waals surface area contributed by atoms with Crippen LogP contribution in [0.25, 0.3) is 0 Å². The number of hydrogen-bond donors (Lipinski definition) is 1. The molecule has 2 aromatic carbocycles. The molecule has 1 aliphatic rings. The molecule has 1 heterocycles. The molecule has 146 valence electrons. The summed E-state index contributed by atoms with van der Waals surface area (Å²) in [6, 6.07) is 11.5. The van der Waals surface area contributed by atoms with E-state index in [0.29, 0.717) is 35.1 Å². The summed E-state index contributed by atoms with van der Waals surface area (Å²) in [6.07, 6.45) is 2.63. The monoisotopic (exact) mass is 409 g/mol. The first kappa shape index (κ1) is 20.3. The largest absolute Gasteiger partial charge is 0.490 e. The van der Waals surface area contributed by atoms with Crippen LogP contribution in [-0.4, -0.2) is 25.9 Å². The Labute approximate surface area is 170 Å². The summed E-state index contributed by atoms with van der Waals surface area (Å²) in [4.78, 5) is 0. The lowest BCUT2D eigenvalue weighted by Gasteiger charge is -2.15. The zero-order valence-electron chi connectivity index (χ0n) is 15.5. The van der Waals surface area contributed by atoms with E-state index in [-0.39, 0.29) is 0 Å². The average molecular weight is 410 g/mol. The first-order valence-corrected chi connectivity index (χ1v) is 10.1. The Morgan fingerprint density at radius 2 is 1.89 bits per heavy atom. The second-order valence-corrected chi connectivity index (χ2v) is 7.33. The second-order valence-electron chi connectivity index (χ2n) is 6.52. The molecule has 0 aliphatic carbocycles. The quantitative estimate of drug-likeness (QED) is 0.614. The molecular weight excluding hydrogens is 385 g/mol. The van der Waals surface area contributed by atoms with Gasteiger partial charge in [-0.05, 0) is 55.2 Å². The number of halogens is 2. The van der Waals surface area contributed by atoms with Gasteiger partial charge in [-0.25, -0.2) is 0 Å². The highest BCUT2D eigenvalue weighted by molar-refractivity contribution is 6.42. The average Bonchev–Trinajstić information content (AvgIpc) is 3.17. The smallest absolute Gasteiger partial charge is 0.161 e. The Bertz CT molecular complexity index is 748. The van der Waals surface area contributed by atoms with Gasteiger partial charge in [-0.2, -0.15) is 0 Å². The molecule has 0 amide bonds. The van der Waals surface area contributed by atoms with Gasteiger partial charge in [-0.15, -0.1) is 0 Å². The van der Waals surface area contributed by atoms with E-state index in [4.69, 9.17) is 37.4 Å². The van der Waals surface area contributed by atoms with Crippen LogP contribution in [0.4, 0.5) is 0 Å². The van der Waals surface area contributed by atoms with Crippen LogP contribution in [0.15, 0.2) is 36.4 Å². The molecular formula is C21H25Cl2NO3. The zero-order chi connectivity index (χ0) is 19.1. The SMILES string of the molecule is CCOc1cc(CNC[C@H]2CCCO2)ccc1OCc1ccc(Cl)c(Cl)c1. The van der Waals surface area contributed by atoms with Crippen molar-refractivity contribution >= 4 is 23.2 Å². The van der Waals surface area contributed by atoms with Crippen molar-refractivity contribution in [3.05, 3.63) is 57.6 Å². The molecule has 1 N–H and O–H groups in total. The third-order valence-electron chi connectivity index (χ3n) is 4.41. The lowest BCUT2D eigenvalue weighted by molar-refractivity contribution is 0.110. The van der Waals surface area contributed by atoms with Crippen LogP contribution >= 0.6 is 23.2 Å². The molecule has 0 aromatic heterocycles.